The van der Waals surface area contributed by atoms with Crippen LogP contribution < -0.4 is 0 Å². The Hall–Kier alpha value is -8.47. The summed E-state index contributed by atoms with van der Waals surface area (Å²) in [5, 5.41) is 7.19. The molecule has 0 aliphatic heterocycles. The molecule has 4 aromatic heterocycles. The van der Waals surface area contributed by atoms with E-state index in [9.17, 15) is 0 Å². The molecule has 0 N–H and O–H groups in total. The monoisotopic (exact) mass is 802 g/mol. The van der Waals surface area contributed by atoms with Crippen LogP contribution in [-0.4, -0.2) is 18.7 Å². The van der Waals surface area contributed by atoms with Crippen LogP contribution in [0.4, 0.5) is 0 Å². The quantitative estimate of drug-likeness (QED) is 0.165. The first-order valence-corrected chi connectivity index (χ1v) is 21.6. The summed E-state index contributed by atoms with van der Waals surface area (Å²) in [6.07, 6.45) is 0. The second-order valence-corrected chi connectivity index (χ2v) is 16.3. The largest absolute Gasteiger partial charge is 0.309 e. The Morgan fingerprint density at radius 2 is 0.730 bits per heavy atom. The van der Waals surface area contributed by atoms with Crippen molar-refractivity contribution in [1.29, 1.82) is 0 Å². The molecule has 13 aromatic rings. The standard InChI is InChI=1S/C59H38N4/c1-4-18-39(19-5-1)40-32-34-41(35-33-40)43-36-50(42-20-6-2-7-21-42)60-56(37-43)63-53-30-16-12-26-47(53)49-38-55(62-51-28-14-10-24-45(51)46-25-11-15-29-52(46)62)57-48-27-13-17-31-54(48)61(59(57)58(49)63)44-22-8-3-9-23-44/h1-38H. The number of hydrogen-bond donors (Lipinski definition) is 0. The summed E-state index contributed by atoms with van der Waals surface area (Å²) < 4.78 is 7.39. The number of para-hydroxylation sites is 5. The first-order valence-electron chi connectivity index (χ1n) is 21.6. The van der Waals surface area contributed by atoms with Crippen molar-refractivity contribution in [2.45, 2.75) is 0 Å². The molecule has 63 heavy (non-hydrogen) atoms. The van der Waals surface area contributed by atoms with Gasteiger partial charge in [0.05, 0.1) is 44.5 Å². The maximum Gasteiger partial charge on any atom is 0.138 e. The predicted molar refractivity (Wildman–Crippen MR) is 264 cm³/mol. The van der Waals surface area contributed by atoms with E-state index in [4.69, 9.17) is 4.98 Å². The smallest absolute Gasteiger partial charge is 0.138 e. The summed E-state index contributed by atoms with van der Waals surface area (Å²) in [7, 11) is 0. The van der Waals surface area contributed by atoms with Crippen LogP contribution in [-0.2, 0) is 0 Å². The van der Waals surface area contributed by atoms with Crippen molar-refractivity contribution in [3.05, 3.63) is 231 Å². The number of hydrogen-bond acceptors (Lipinski definition) is 1. The molecule has 0 fully saturated rings. The van der Waals surface area contributed by atoms with E-state index >= 15 is 0 Å². The highest BCUT2D eigenvalue weighted by Gasteiger charge is 2.26. The molecule has 0 spiro atoms. The Bertz CT molecular complexity index is 3820. The van der Waals surface area contributed by atoms with Gasteiger partial charge in [0.15, 0.2) is 0 Å². The lowest BCUT2D eigenvalue weighted by molar-refractivity contribution is 1.08. The number of rotatable bonds is 6. The summed E-state index contributed by atoms with van der Waals surface area (Å²) in [4.78, 5) is 5.60. The lowest BCUT2D eigenvalue weighted by Crippen LogP contribution is -2.03. The van der Waals surface area contributed by atoms with E-state index in [1.165, 1.54) is 49.1 Å². The summed E-state index contributed by atoms with van der Waals surface area (Å²) in [6, 6.07) is 83.2. The average Bonchev–Trinajstić information content (AvgIpc) is 4.01. The third kappa shape index (κ3) is 5.45. The van der Waals surface area contributed by atoms with Gasteiger partial charge in [-0.3, -0.25) is 4.57 Å². The van der Waals surface area contributed by atoms with Crippen molar-refractivity contribution in [3.63, 3.8) is 0 Å². The number of aromatic nitrogens is 4. The maximum absolute atomic E-state index is 5.60. The van der Waals surface area contributed by atoms with E-state index in [1.807, 2.05) is 0 Å². The first-order chi connectivity index (χ1) is 31.3. The van der Waals surface area contributed by atoms with Gasteiger partial charge in [0.1, 0.15) is 5.82 Å². The van der Waals surface area contributed by atoms with Gasteiger partial charge in [-0.05, 0) is 76.9 Å². The first kappa shape index (κ1) is 35.3. The maximum atomic E-state index is 5.60. The van der Waals surface area contributed by atoms with Crippen LogP contribution in [0.15, 0.2) is 231 Å². The van der Waals surface area contributed by atoms with Crippen LogP contribution in [0, 0.1) is 0 Å². The van der Waals surface area contributed by atoms with Gasteiger partial charge in [-0.2, -0.15) is 0 Å². The molecule has 0 bridgehead atoms. The minimum Gasteiger partial charge on any atom is -0.309 e. The van der Waals surface area contributed by atoms with E-state index in [0.717, 1.165) is 67.0 Å². The van der Waals surface area contributed by atoms with Crippen molar-refractivity contribution < 1.29 is 0 Å². The molecule has 294 valence electrons. The van der Waals surface area contributed by atoms with Gasteiger partial charge in [0.25, 0.3) is 0 Å². The van der Waals surface area contributed by atoms with Gasteiger partial charge in [0.2, 0.25) is 0 Å². The molecule has 0 amide bonds. The Kier molecular flexibility index (Phi) is 7.87. The molecule has 4 nitrogen and oxygen atoms in total. The second kappa shape index (κ2) is 14.1. The zero-order chi connectivity index (χ0) is 41.4. The molecule has 0 saturated heterocycles. The minimum absolute atomic E-state index is 0.862. The average molecular weight is 803 g/mol. The normalized spacial score (nSPS) is 11.8. The molecule has 0 saturated carbocycles. The van der Waals surface area contributed by atoms with Crippen molar-refractivity contribution in [2.24, 2.45) is 0 Å². The fourth-order valence-electron chi connectivity index (χ4n) is 10.1. The molecule has 0 radical (unpaired) electrons. The number of pyridine rings is 1. The van der Waals surface area contributed by atoms with Crippen molar-refractivity contribution in [1.82, 2.24) is 18.7 Å². The van der Waals surface area contributed by atoms with Crippen LogP contribution in [0.2, 0.25) is 0 Å². The molecule has 0 aliphatic rings. The van der Waals surface area contributed by atoms with Crippen molar-refractivity contribution >= 4 is 65.4 Å². The molecule has 0 aliphatic carbocycles. The Morgan fingerprint density at radius 1 is 0.286 bits per heavy atom. The molecular weight excluding hydrogens is 765 g/mol. The van der Waals surface area contributed by atoms with Gasteiger partial charge in [-0.25, -0.2) is 4.98 Å². The Labute approximate surface area is 363 Å². The van der Waals surface area contributed by atoms with Crippen LogP contribution in [0.25, 0.3) is 116 Å². The molecule has 9 aromatic carbocycles. The summed E-state index contributed by atoms with van der Waals surface area (Å²) in [5.41, 5.74) is 15.7. The summed E-state index contributed by atoms with van der Waals surface area (Å²) in [6.45, 7) is 0. The van der Waals surface area contributed by atoms with Crippen LogP contribution >= 0.6 is 0 Å². The van der Waals surface area contributed by atoms with E-state index in [1.54, 1.807) is 0 Å². The Balaban J connectivity index is 1.19. The highest BCUT2D eigenvalue weighted by Crippen LogP contribution is 2.46. The SMILES string of the molecule is c1ccc(-c2ccc(-c3cc(-c4ccccc4)nc(-n4c5ccccc5c5cc(-n6c7ccccc7c7ccccc76)c6c7ccccc7n(-c7ccccc7)c6c54)c3)cc2)cc1. The van der Waals surface area contributed by atoms with E-state index in [2.05, 4.69) is 244 Å². The highest BCUT2D eigenvalue weighted by atomic mass is 15.1. The molecular formula is C59H38N4. The van der Waals surface area contributed by atoms with E-state index in [0.29, 0.717) is 0 Å². The lowest BCUT2D eigenvalue weighted by Gasteiger charge is -2.16. The predicted octanol–water partition coefficient (Wildman–Crippen LogP) is 15.4. The van der Waals surface area contributed by atoms with Gasteiger partial charge >= 0.3 is 0 Å². The van der Waals surface area contributed by atoms with Crippen LogP contribution in [0.3, 0.4) is 0 Å². The fraction of sp³-hybridized carbons (Fsp3) is 0. The second-order valence-electron chi connectivity index (χ2n) is 16.3. The highest BCUT2D eigenvalue weighted by molar-refractivity contribution is 6.27. The van der Waals surface area contributed by atoms with E-state index < -0.39 is 0 Å². The zero-order valence-electron chi connectivity index (χ0n) is 34.2. The third-order valence-electron chi connectivity index (χ3n) is 12.8. The van der Waals surface area contributed by atoms with Gasteiger partial charge in [0, 0.05) is 43.6 Å². The van der Waals surface area contributed by atoms with Gasteiger partial charge < -0.3 is 9.13 Å². The fourth-order valence-corrected chi connectivity index (χ4v) is 10.1. The molecule has 0 unspecified atom stereocenters. The Morgan fingerprint density at radius 3 is 1.33 bits per heavy atom. The third-order valence-corrected chi connectivity index (χ3v) is 12.8. The van der Waals surface area contributed by atoms with Gasteiger partial charge in [-0.15, -0.1) is 0 Å². The van der Waals surface area contributed by atoms with Crippen LogP contribution in [0.5, 0.6) is 0 Å². The van der Waals surface area contributed by atoms with Crippen LogP contribution in [0.1, 0.15) is 0 Å². The zero-order valence-corrected chi connectivity index (χ0v) is 34.2. The summed E-state index contributed by atoms with van der Waals surface area (Å²) >= 11 is 0. The van der Waals surface area contributed by atoms with E-state index in [-0.39, 0.29) is 0 Å². The molecule has 4 heterocycles. The van der Waals surface area contributed by atoms with Crippen molar-refractivity contribution in [3.8, 4) is 50.7 Å². The van der Waals surface area contributed by atoms with Gasteiger partial charge in [-0.1, -0.05) is 176 Å². The summed E-state index contributed by atoms with van der Waals surface area (Å²) in [5.74, 6) is 0.862. The molecule has 13 rings (SSSR count). The molecule has 0 atom stereocenters. The number of nitrogens with zero attached hydrogens (tertiary/aromatic N) is 4. The lowest BCUT2D eigenvalue weighted by atomic mass is 9.99. The number of fused-ring (bicyclic) bond motifs is 10. The minimum atomic E-state index is 0.862. The molecule has 4 heteroatoms. The van der Waals surface area contributed by atoms with Crippen molar-refractivity contribution in [2.75, 3.05) is 0 Å². The number of benzene rings is 9. The topological polar surface area (TPSA) is 27.7 Å².